The van der Waals surface area contributed by atoms with Gasteiger partial charge in [0.1, 0.15) is 14.1 Å². The molecule has 0 bridgehead atoms. The van der Waals surface area contributed by atoms with Crippen LogP contribution >= 0.6 is 22.7 Å². The zero-order valence-corrected chi connectivity index (χ0v) is 19.2. The maximum Gasteiger partial charge on any atom is 0.271 e. The van der Waals surface area contributed by atoms with Gasteiger partial charge in [-0.2, -0.15) is 5.26 Å². The van der Waals surface area contributed by atoms with Gasteiger partial charge in [-0.25, -0.2) is 13.4 Å². The molecule has 3 aromatic rings. The number of nitrogens with zero attached hydrogens (tertiary/aromatic N) is 3. The fourth-order valence-corrected chi connectivity index (χ4v) is 6.67. The number of thiophene rings is 1. The van der Waals surface area contributed by atoms with Gasteiger partial charge in [-0.1, -0.05) is 0 Å². The number of sulfonamides is 1. The molecule has 1 N–H and O–H groups in total. The molecule has 0 atom stereocenters. The van der Waals surface area contributed by atoms with Crippen LogP contribution < -0.4 is 4.72 Å². The van der Waals surface area contributed by atoms with Gasteiger partial charge in [0, 0.05) is 29.7 Å². The van der Waals surface area contributed by atoms with Crippen LogP contribution in [0.4, 0.5) is 5.69 Å². The molecular weight excluding hydrogens is 452 g/mol. The van der Waals surface area contributed by atoms with E-state index in [0.717, 1.165) is 43.7 Å². The second-order valence-corrected chi connectivity index (χ2v) is 11.1. The first-order valence-corrected chi connectivity index (χ1v) is 12.9. The second-order valence-electron chi connectivity index (χ2n) is 7.24. The molecule has 2 aromatic heterocycles. The standard InChI is InChI=1S/C21H20N4O3S3/c1-14-19(21(26)25-9-3-2-4-10-25)30-20(23-14)16-11-18(29-13-16)31(27,28)24-17-7-5-15(12-22)6-8-17/h5-8,11,13,24H,2-4,9-10H2,1H3. The van der Waals surface area contributed by atoms with Gasteiger partial charge >= 0.3 is 0 Å². The Labute approximate surface area is 189 Å². The van der Waals surface area contributed by atoms with Crippen molar-refractivity contribution in [2.45, 2.75) is 30.4 Å². The lowest BCUT2D eigenvalue weighted by atomic mass is 10.1. The molecule has 1 amide bonds. The van der Waals surface area contributed by atoms with Gasteiger partial charge < -0.3 is 4.90 Å². The molecule has 0 aliphatic carbocycles. The Morgan fingerprint density at radius 1 is 1.19 bits per heavy atom. The smallest absolute Gasteiger partial charge is 0.271 e. The van der Waals surface area contributed by atoms with Crippen LogP contribution in [0.5, 0.6) is 0 Å². The summed E-state index contributed by atoms with van der Waals surface area (Å²) < 4.78 is 28.2. The fourth-order valence-electron chi connectivity index (χ4n) is 3.35. The number of thiazole rings is 1. The van der Waals surface area contributed by atoms with Gasteiger partial charge in [0.15, 0.2) is 0 Å². The largest absolute Gasteiger partial charge is 0.338 e. The molecule has 3 heterocycles. The lowest BCUT2D eigenvalue weighted by Crippen LogP contribution is -2.35. The molecule has 0 radical (unpaired) electrons. The van der Waals surface area contributed by atoms with E-state index in [1.807, 2.05) is 17.9 Å². The fraction of sp³-hybridized carbons (Fsp3) is 0.286. The Morgan fingerprint density at radius 3 is 2.58 bits per heavy atom. The molecule has 10 heteroatoms. The number of carbonyl (C=O) groups excluding carboxylic acids is 1. The molecule has 0 unspecified atom stereocenters. The SMILES string of the molecule is Cc1nc(-c2csc(S(=O)(=O)Nc3ccc(C#N)cc3)c2)sc1C(=O)N1CCCCC1. The van der Waals surface area contributed by atoms with Crippen molar-refractivity contribution in [2.24, 2.45) is 0 Å². The van der Waals surface area contributed by atoms with E-state index < -0.39 is 10.0 Å². The van der Waals surface area contributed by atoms with Crippen LogP contribution in [0.3, 0.4) is 0 Å². The number of aromatic nitrogens is 1. The third kappa shape index (κ3) is 4.63. The highest BCUT2D eigenvalue weighted by atomic mass is 32.2. The van der Waals surface area contributed by atoms with Crippen molar-refractivity contribution in [3.8, 4) is 16.6 Å². The highest BCUT2D eigenvalue weighted by Crippen LogP contribution is 2.34. The first-order valence-electron chi connectivity index (χ1n) is 9.76. The molecule has 1 saturated heterocycles. The highest BCUT2D eigenvalue weighted by Gasteiger charge is 2.24. The van der Waals surface area contributed by atoms with Crippen molar-refractivity contribution in [1.82, 2.24) is 9.88 Å². The Kier molecular flexibility index (Phi) is 6.09. The van der Waals surface area contributed by atoms with Crippen LogP contribution in [0.25, 0.3) is 10.6 Å². The van der Waals surface area contributed by atoms with E-state index in [1.54, 1.807) is 35.7 Å². The number of carbonyl (C=O) groups is 1. The van der Waals surface area contributed by atoms with Crippen molar-refractivity contribution < 1.29 is 13.2 Å². The van der Waals surface area contributed by atoms with Gasteiger partial charge in [0.05, 0.1) is 17.3 Å². The third-order valence-corrected chi connectivity index (χ3v) is 9.00. The summed E-state index contributed by atoms with van der Waals surface area (Å²) >= 11 is 2.40. The number of piperidine rings is 1. The molecule has 1 aliphatic heterocycles. The van der Waals surface area contributed by atoms with Crippen molar-refractivity contribution in [2.75, 3.05) is 17.8 Å². The van der Waals surface area contributed by atoms with Crippen molar-refractivity contribution in [3.05, 3.63) is 51.8 Å². The number of hydrogen-bond acceptors (Lipinski definition) is 7. The summed E-state index contributed by atoms with van der Waals surface area (Å²) in [5.41, 5.74) is 2.18. The summed E-state index contributed by atoms with van der Waals surface area (Å²) in [5.74, 6) is 0.00603. The Bertz CT molecular complexity index is 1250. The maximum absolute atomic E-state index is 12.9. The van der Waals surface area contributed by atoms with E-state index in [2.05, 4.69) is 9.71 Å². The number of rotatable bonds is 5. The summed E-state index contributed by atoms with van der Waals surface area (Å²) in [4.78, 5) is 19.9. The van der Waals surface area contributed by atoms with Crippen LogP contribution in [-0.4, -0.2) is 37.3 Å². The number of anilines is 1. The second kappa shape index (κ2) is 8.78. The van der Waals surface area contributed by atoms with E-state index in [4.69, 9.17) is 5.26 Å². The molecular formula is C21H20N4O3S3. The summed E-state index contributed by atoms with van der Waals surface area (Å²) in [5, 5.41) is 11.2. The van der Waals surface area contributed by atoms with Crippen molar-refractivity contribution in [1.29, 1.82) is 5.26 Å². The number of nitriles is 1. The van der Waals surface area contributed by atoms with Gasteiger partial charge in [-0.05, 0) is 56.5 Å². The first-order chi connectivity index (χ1) is 14.9. The Morgan fingerprint density at radius 2 is 1.90 bits per heavy atom. The monoisotopic (exact) mass is 472 g/mol. The molecule has 1 aliphatic rings. The van der Waals surface area contributed by atoms with E-state index in [0.29, 0.717) is 32.4 Å². The summed E-state index contributed by atoms with van der Waals surface area (Å²) in [6.07, 6.45) is 3.20. The lowest BCUT2D eigenvalue weighted by molar-refractivity contribution is 0.0728. The van der Waals surface area contributed by atoms with Crippen molar-refractivity contribution >= 4 is 44.3 Å². The van der Waals surface area contributed by atoms with Gasteiger partial charge in [0.25, 0.3) is 15.9 Å². The average molecular weight is 473 g/mol. The molecule has 31 heavy (non-hydrogen) atoms. The third-order valence-electron chi connectivity index (χ3n) is 4.99. The van der Waals surface area contributed by atoms with Crippen LogP contribution in [0.1, 0.15) is 40.2 Å². The number of aryl methyl sites for hydroxylation is 1. The molecule has 1 aromatic carbocycles. The molecule has 1 fully saturated rings. The van der Waals surface area contributed by atoms with E-state index in [9.17, 15) is 13.2 Å². The van der Waals surface area contributed by atoms with Crippen LogP contribution in [0.2, 0.25) is 0 Å². The number of benzene rings is 1. The number of amides is 1. The summed E-state index contributed by atoms with van der Waals surface area (Å²) in [6.45, 7) is 3.36. The number of likely N-dealkylation sites (tertiary alicyclic amines) is 1. The Hall–Kier alpha value is -2.74. The molecule has 0 spiro atoms. The van der Waals surface area contributed by atoms with Gasteiger partial charge in [-0.3, -0.25) is 9.52 Å². The molecule has 7 nitrogen and oxygen atoms in total. The summed E-state index contributed by atoms with van der Waals surface area (Å²) in [6, 6.07) is 9.77. The van der Waals surface area contributed by atoms with Crippen molar-refractivity contribution in [3.63, 3.8) is 0 Å². The highest BCUT2D eigenvalue weighted by molar-refractivity contribution is 7.94. The molecule has 4 rings (SSSR count). The van der Waals surface area contributed by atoms with Gasteiger partial charge in [-0.15, -0.1) is 22.7 Å². The van der Waals surface area contributed by atoms with Crippen LogP contribution in [0.15, 0.2) is 39.9 Å². The number of hydrogen-bond donors (Lipinski definition) is 1. The van der Waals surface area contributed by atoms with Crippen LogP contribution in [0, 0.1) is 18.3 Å². The maximum atomic E-state index is 12.9. The van der Waals surface area contributed by atoms with Crippen LogP contribution in [-0.2, 0) is 10.0 Å². The Balaban J connectivity index is 1.54. The van der Waals surface area contributed by atoms with Gasteiger partial charge in [0.2, 0.25) is 0 Å². The minimum Gasteiger partial charge on any atom is -0.338 e. The number of nitrogens with one attached hydrogen (secondary N) is 1. The minimum absolute atomic E-state index is 0.00603. The first kappa shape index (κ1) is 21.5. The lowest BCUT2D eigenvalue weighted by Gasteiger charge is -2.26. The molecule has 0 saturated carbocycles. The predicted octanol–water partition coefficient (Wildman–Crippen LogP) is 4.48. The van der Waals surface area contributed by atoms with E-state index in [-0.39, 0.29) is 10.1 Å². The topological polar surface area (TPSA) is 103 Å². The zero-order valence-electron chi connectivity index (χ0n) is 16.8. The normalized spacial score (nSPS) is 14.3. The quantitative estimate of drug-likeness (QED) is 0.590. The van der Waals surface area contributed by atoms with E-state index >= 15 is 0 Å². The zero-order chi connectivity index (χ0) is 22.0. The average Bonchev–Trinajstić information content (AvgIpc) is 3.42. The minimum atomic E-state index is -3.77. The molecule has 160 valence electrons. The predicted molar refractivity (Wildman–Crippen MR) is 122 cm³/mol. The summed E-state index contributed by atoms with van der Waals surface area (Å²) in [7, 11) is -3.77. The van der Waals surface area contributed by atoms with E-state index in [1.165, 1.54) is 11.3 Å².